The Morgan fingerprint density at radius 1 is 1.57 bits per heavy atom. The van der Waals surface area contributed by atoms with Crippen LogP contribution in [-0.4, -0.2) is 31.9 Å². The molecule has 7 heteroatoms. The van der Waals surface area contributed by atoms with Gasteiger partial charge in [-0.05, 0) is 13.3 Å². The van der Waals surface area contributed by atoms with E-state index in [4.69, 9.17) is 5.11 Å². The summed E-state index contributed by atoms with van der Waals surface area (Å²) in [5.74, 6) is -1.33. The number of carbonyl (C=O) groups excluding carboxylic acids is 1. The van der Waals surface area contributed by atoms with E-state index in [9.17, 15) is 13.2 Å². The molecule has 0 aliphatic rings. The minimum atomic E-state index is -3.86. The maximum absolute atomic E-state index is 10.9. The van der Waals surface area contributed by atoms with Crippen LogP contribution in [0.15, 0.2) is 12.2 Å². The molecule has 0 aromatic rings. The molecule has 0 bridgehead atoms. The molecule has 1 N–H and O–H groups in total. The molecule has 0 rings (SSSR count). The molecule has 14 heavy (non-hydrogen) atoms. The molecule has 0 aromatic heterocycles. The van der Waals surface area contributed by atoms with Crippen LogP contribution in [0, 0.1) is 0 Å². The average molecular weight is 232 g/mol. The van der Waals surface area contributed by atoms with Crippen molar-refractivity contribution in [3.63, 3.8) is 0 Å². The summed E-state index contributed by atoms with van der Waals surface area (Å²) in [6.45, 7) is 4.32. The van der Waals surface area contributed by atoms with Crippen LogP contribution in [0.1, 0.15) is 14.8 Å². The molecule has 0 unspecified atom stereocenters. The van der Waals surface area contributed by atoms with Crippen molar-refractivity contribution in [3.8, 4) is 0 Å². The van der Waals surface area contributed by atoms with Gasteiger partial charge in [0.2, 0.25) is 0 Å². The Bertz CT molecular complexity index is 301. The zero-order chi connectivity index (χ0) is 10.5. The summed E-state index contributed by atoms with van der Waals surface area (Å²) in [4.78, 5) is 10.8. The quantitative estimate of drug-likeness (QED) is 0.309. The van der Waals surface area contributed by atoms with Crippen LogP contribution in [0.5, 0.6) is 0 Å². The first-order valence-corrected chi connectivity index (χ1v) is 5.19. The Balaban J connectivity index is -0.000000720. The van der Waals surface area contributed by atoms with Gasteiger partial charge in [0.15, 0.2) is 0 Å². The van der Waals surface area contributed by atoms with Gasteiger partial charge in [-0.25, -0.2) is 4.79 Å². The van der Waals surface area contributed by atoms with Gasteiger partial charge in [-0.15, -0.1) is 0 Å². The van der Waals surface area contributed by atoms with Gasteiger partial charge in [-0.2, -0.15) is 8.42 Å². The second-order valence-corrected chi connectivity index (χ2v) is 4.18. The van der Waals surface area contributed by atoms with E-state index >= 15 is 0 Å². The molecule has 0 heterocycles. The molecule has 0 saturated carbocycles. The third-order valence-electron chi connectivity index (χ3n) is 1.10. The van der Waals surface area contributed by atoms with E-state index in [1.54, 1.807) is 0 Å². The van der Waals surface area contributed by atoms with E-state index < -0.39 is 16.1 Å². The molecule has 0 radical (unpaired) electrons. The number of carbonyl (C=O) groups is 1. The van der Waals surface area contributed by atoms with Crippen LogP contribution in [0.2, 0.25) is 0 Å². The summed E-state index contributed by atoms with van der Waals surface area (Å²) >= 11 is 0. The number of aliphatic hydroxyl groups excluding tert-OH is 1. The number of hydrogen-bond acceptors (Lipinski definition) is 5. The molecule has 0 atom stereocenters. The summed E-state index contributed by atoms with van der Waals surface area (Å²) in [6.07, 6.45) is 0.0474. The second-order valence-electron chi connectivity index (χ2n) is 2.49. The second kappa shape index (κ2) is 7.42. The Hall–Kier alpha value is 0.120. The zero-order valence-electron chi connectivity index (χ0n) is 9.32. The molecule has 0 spiro atoms. The Morgan fingerprint density at radius 3 is 2.43 bits per heavy atom. The summed E-state index contributed by atoms with van der Waals surface area (Å²) < 4.78 is 25.9. The summed E-state index contributed by atoms with van der Waals surface area (Å²) in [6, 6.07) is 0. The van der Waals surface area contributed by atoms with Crippen molar-refractivity contribution >= 4 is 16.1 Å². The summed E-state index contributed by atoms with van der Waals surface area (Å²) in [5, 5.41) is 8.35. The molecule has 0 amide bonds. The van der Waals surface area contributed by atoms with E-state index in [2.05, 4.69) is 10.8 Å². The minimum absolute atomic E-state index is 0. The first-order chi connectivity index (χ1) is 5.89. The van der Waals surface area contributed by atoms with Gasteiger partial charge in [-0.3, -0.25) is 0 Å². The Morgan fingerprint density at radius 2 is 2.07 bits per heavy atom. The van der Waals surface area contributed by atoms with Crippen molar-refractivity contribution in [1.29, 1.82) is 0 Å². The van der Waals surface area contributed by atoms with E-state index in [1.165, 1.54) is 6.92 Å². The van der Waals surface area contributed by atoms with E-state index in [0.717, 1.165) is 0 Å². The fourth-order valence-electron chi connectivity index (χ4n) is 0.469. The van der Waals surface area contributed by atoms with Gasteiger partial charge >= 0.3 is 45.6 Å². The van der Waals surface area contributed by atoms with Gasteiger partial charge < -0.3 is 10.7 Å². The van der Waals surface area contributed by atoms with Crippen LogP contribution < -0.4 is 29.6 Å². The smallest absolute Gasteiger partial charge is 1.00 e. The van der Waals surface area contributed by atoms with Gasteiger partial charge in [0.05, 0.1) is 5.75 Å². The predicted octanol–water partition coefficient (Wildman–Crippen LogP) is -3.07. The maximum Gasteiger partial charge on any atom is 1.00 e. The zero-order valence-corrected chi connectivity index (χ0v) is 11.1. The molecule has 0 aliphatic carbocycles. The van der Waals surface area contributed by atoms with Crippen molar-refractivity contribution in [2.45, 2.75) is 13.3 Å². The molecular formula is C7H13NaO5S. The topological polar surface area (TPSA) is 80.7 Å². The molecule has 0 aliphatic heterocycles. The molecular weight excluding hydrogens is 219 g/mol. The van der Waals surface area contributed by atoms with Crippen molar-refractivity contribution < 1.29 is 53.5 Å². The van der Waals surface area contributed by atoms with Crippen LogP contribution in [0.25, 0.3) is 0 Å². The third kappa shape index (κ3) is 7.52. The summed E-state index contributed by atoms with van der Waals surface area (Å²) in [5.41, 5.74) is 0.0209. The normalized spacial score (nSPS) is 10.1. The Labute approximate surface area is 107 Å². The average Bonchev–Trinajstić information content (AvgIpc) is 2.00. The van der Waals surface area contributed by atoms with E-state index in [0.29, 0.717) is 0 Å². The van der Waals surface area contributed by atoms with E-state index in [1.807, 2.05) is 0 Å². The maximum atomic E-state index is 10.9. The van der Waals surface area contributed by atoms with Crippen molar-refractivity contribution in [2.24, 2.45) is 0 Å². The van der Waals surface area contributed by atoms with Gasteiger partial charge in [0.25, 0.3) is 0 Å². The largest absolute Gasteiger partial charge is 1.00 e. The third-order valence-corrected chi connectivity index (χ3v) is 2.30. The SMILES string of the molecule is C=C(C)C(=O)OS(=O)(=O)CCCO.[H-].[Na+]. The monoisotopic (exact) mass is 232 g/mol. The Kier molecular flexibility index (Phi) is 8.77. The van der Waals surface area contributed by atoms with Gasteiger partial charge in [0, 0.05) is 12.2 Å². The van der Waals surface area contributed by atoms with Crippen molar-refractivity contribution in [3.05, 3.63) is 12.2 Å². The van der Waals surface area contributed by atoms with Gasteiger partial charge in [-0.1, -0.05) is 6.58 Å². The minimum Gasteiger partial charge on any atom is -1.00 e. The van der Waals surface area contributed by atoms with E-state index in [-0.39, 0.29) is 55.3 Å². The first-order valence-electron chi connectivity index (χ1n) is 3.62. The number of aliphatic hydroxyl groups is 1. The number of hydrogen-bond donors (Lipinski definition) is 1. The fourth-order valence-corrected chi connectivity index (χ4v) is 1.41. The predicted molar refractivity (Wildman–Crippen MR) is 47.5 cm³/mol. The molecule has 0 fully saturated rings. The molecule has 0 saturated heterocycles. The number of rotatable bonds is 5. The molecule has 78 valence electrons. The fraction of sp³-hybridized carbons (Fsp3) is 0.571. The van der Waals surface area contributed by atoms with Crippen molar-refractivity contribution in [2.75, 3.05) is 12.4 Å². The standard InChI is InChI=1S/C7H12O5S.Na.H/c1-6(2)7(9)12-13(10,11)5-3-4-8;;/h8H,1,3-5H2,2H3;;/q;+1;-1. The molecule has 5 nitrogen and oxygen atoms in total. The first kappa shape index (κ1) is 16.5. The van der Waals surface area contributed by atoms with Crippen LogP contribution in [0.3, 0.4) is 0 Å². The van der Waals surface area contributed by atoms with Crippen molar-refractivity contribution in [1.82, 2.24) is 0 Å². The van der Waals surface area contributed by atoms with Crippen LogP contribution in [0.4, 0.5) is 0 Å². The summed E-state index contributed by atoms with van der Waals surface area (Å²) in [7, 11) is -3.86. The van der Waals surface area contributed by atoms with Gasteiger partial charge in [0.1, 0.15) is 0 Å². The van der Waals surface area contributed by atoms with Crippen LogP contribution in [-0.2, 0) is 19.1 Å². The molecule has 0 aromatic carbocycles. The van der Waals surface area contributed by atoms with Crippen LogP contribution >= 0.6 is 0 Å².